The minimum absolute atomic E-state index is 0.0315. The molecule has 0 saturated heterocycles. The van der Waals surface area contributed by atoms with Crippen LogP contribution >= 0.6 is 0 Å². The van der Waals surface area contributed by atoms with Crippen molar-refractivity contribution in [2.45, 2.75) is 38.8 Å². The first kappa shape index (κ1) is 13.7. The highest BCUT2D eigenvalue weighted by Gasteiger charge is 2.24. The first-order chi connectivity index (χ1) is 10.3. The Morgan fingerprint density at radius 3 is 2.67 bits per heavy atom. The summed E-state index contributed by atoms with van der Waals surface area (Å²) in [5, 5.41) is 6.23. The zero-order chi connectivity index (χ0) is 14.7. The number of anilines is 2. The maximum atomic E-state index is 11.3. The predicted octanol–water partition coefficient (Wildman–Crippen LogP) is 3.18. The van der Waals surface area contributed by atoms with Crippen molar-refractivity contribution in [3.05, 3.63) is 42.5 Å². The molecule has 1 aliphatic carbocycles. The van der Waals surface area contributed by atoms with Gasteiger partial charge >= 0.3 is 0 Å². The van der Waals surface area contributed by atoms with E-state index in [1.165, 1.54) is 18.5 Å². The summed E-state index contributed by atoms with van der Waals surface area (Å²) in [6, 6.07) is 8.42. The van der Waals surface area contributed by atoms with E-state index in [1.54, 1.807) is 0 Å². The quantitative estimate of drug-likeness (QED) is 0.856. The minimum atomic E-state index is 0.0315. The van der Waals surface area contributed by atoms with Gasteiger partial charge in [0.05, 0.1) is 18.6 Å². The maximum absolute atomic E-state index is 11.3. The fourth-order valence-electron chi connectivity index (χ4n) is 2.26. The molecule has 0 spiro atoms. The van der Waals surface area contributed by atoms with Gasteiger partial charge in [0.1, 0.15) is 0 Å². The Hall–Kier alpha value is -2.30. The van der Waals surface area contributed by atoms with Gasteiger partial charge in [0.15, 0.2) is 0 Å². The minimum Gasteiger partial charge on any atom is -0.379 e. The third-order valence-corrected chi connectivity index (χ3v) is 3.65. The summed E-state index contributed by atoms with van der Waals surface area (Å²) in [5.41, 5.74) is 3.07. The molecule has 0 unspecified atom stereocenters. The van der Waals surface area contributed by atoms with Crippen molar-refractivity contribution in [3.8, 4) is 0 Å². The SMILES string of the molecule is CCC(=O)Nc1ccc(NCc2cncn2C2CC2)cc1. The molecule has 0 atom stereocenters. The van der Waals surface area contributed by atoms with E-state index in [-0.39, 0.29) is 5.91 Å². The molecular formula is C16H20N4O. The Balaban J connectivity index is 1.57. The molecule has 5 nitrogen and oxygen atoms in total. The van der Waals surface area contributed by atoms with Crippen LogP contribution in [0.3, 0.4) is 0 Å². The third kappa shape index (κ3) is 3.42. The summed E-state index contributed by atoms with van der Waals surface area (Å²) in [6.45, 7) is 2.60. The largest absolute Gasteiger partial charge is 0.379 e. The van der Waals surface area contributed by atoms with Crippen LogP contribution in [0.5, 0.6) is 0 Å². The number of nitrogens with one attached hydrogen (secondary N) is 2. The molecule has 1 aromatic carbocycles. The molecule has 1 heterocycles. The van der Waals surface area contributed by atoms with Crippen molar-refractivity contribution in [1.82, 2.24) is 9.55 Å². The van der Waals surface area contributed by atoms with Crippen molar-refractivity contribution in [2.75, 3.05) is 10.6 Å². The number of hydrogen-bond acceptors (Lipinski definition) is 3. The summed E-state index contributed by atoms with van der Waals surface area (Å²) < 4.78 is 2.25. The van der Waals surface area contributed by atoms with E-state index in [0.717, 1.165) is 17.9 Å². The van der Waals surface area contributed by atoms with Crippen LogP contribution in [-0.4, -0.2) is 15.5 Å². The van der Waals surface area contributed by atoms with E-state index in [0.29, 0.717) is 12.5 Å². The Morgan fingerprint density at radius 1 is 1.29 bits per heavy atom. The van der Waals surface area contributed by atoms with E-state index in [4.69, 9.17) is 0 Å². The van der Waals surface area contributed by atoms with Gasteiger partial charge < -0.3 is 15.2 Å². The number of nitrogens with zero attached hydrogens (tertiary/aromatic N) is 2. The Morgan fingerprint density at radius 2 is 2.00 bits per heavy atom. The van der Waals surface area contributed by atoms with Gasteiger partial charge in [0.2, 0.25) is 5.91 Å². The number of benzene rings is 1. The van der Waals surface area contributed by atoms with Crippen LogP contribution in [-0.2, 0) is 11.3 Å². The topological polar surface area (TPSA) is 59.0 Å². The summed E-state index contributed by atoms with van der Waals surface area (Å²) in [6.07, 6.45) is 6.84. The molecule has 0 aliphatic heterocycles. The Labute approximate surface area is 124 Å². The lowest BCUT2D eigenvalue weighted by Crippen LogP contribution is -2.09. The molecular weight excluding hydrogens is 264 g/mol. The Bertz CT molecular complexity index is 613. The molecule has 5 heteroatoms. The van der Waals surface area contributed by atoms with Crippen molar-refractivity contribution >= 4 is 17.3 Å². The molecule has 1 aliphatic rings. The highest BCUT2D eigenvalue weighted by Crippen LogP contribution is 2.35. The van der Waals surface area contributed by atoms with Crippen LogP contribution in [0, 0.1) is 0 Å². The van der Waals surface area contributed by atoms with Gasteiger partial charge in [-0.2, -0.15) is 0 Å². The maximum Gasteiger partial charge on any atom is 0.224 e. The lowest BCUT2D eigenvalue weighted by molar-refractivity contribution is -0.115. The zero-order valence-corrected chi connectivity index (χ0v) is 12.2. The van der Waals surface area contributed by atoms with E-state index >= 15 is 0 Å². The lowest BCUT2D eigenvalue weighted by atomic mass is 10.2. The number of rotatable bonds is 6. The van der Waals surface area contributed by atoms with Crippen LogP contribution < -0.4 is 10.6 Å². The molecule has 110 valence electrons. The van der Waals surface area contributed by atoms with Crippen molar-refractivity contribution in [1.29, 1.82) is 0 Å². The second-order valence-electron chi connectivity index (χ2n) is 5.36. The molecule has 1 amide bonds. The van der Waals surface area contributed by atoms with Gasteiger partial charge in [-0.25, -0.2) is 4.98 Å². The number of carbonyl (C=O) groups excluding carboxylic acids is 1. The zero-order valence-electron chi connectivity index (χ0n) is 12.2. The molecule has 2 aromatic rings. The fraction of sp³-hybridized carbons (Fsp3) is 0.375. The predicted molar refractivity (Wildman–Crippen MR) is 83.2 cm³/mol. The molecule has 0 radical (unpaired) electrons. The first-order valence-corrected chi connectivity index (χ1v) is 7.40. The summed E-state index contributed by atoms with van der Waals surface area (Å²) in [4.78, 5) is 15.5. The molecule has 3 rings (SSSR count). The van der Waals surface area contributed by atoms with Crippen LogP contribution in [0.15, 0.2) is 36.8 Å². The molecule has 1 aromatic heterocycles. The Kier molecular flexibility index (Phi) is 3.90. The number of imidazole rings is 1. The normalized spacial score (nSPS) is 14.0. The van der Waals surface area contributed by atoms with Gasteiger partial charge in [0.25, 0.3) is 0 Å². The first-order valence-electron chi connectivity index (χ1n) is 7.40. The van der Waals surface area contributed by atoms with Gasteiger partial charge in [-0.05, 0) is 37.1 Å². The van der Waals surface area contributed by atoms with Gasteiger partial charge in [-0.1, -0.05) is 6.92 Å². The van der Waals surface area contributed by atoms with Crippen molar-refractivity contribution in [3.63, 3.8) is 0 Å². The highest BCUT2D eigenvalue weighted by molar-refractivity contribution is 5.90. The van der Waals surface area contributed by atoms with E-state index in [9.17, 15) is 4.79 Å². The second kappa shape index (κ2) is 5.99. The summed E-state index contributed by atoms with van der Waals surface area (Å²) >= 11 is 0. The average molecular weight is 284 g/mol. The van der Waals surface area contributed by atoms with Crippen LogP contribution in [0.2, 0.25) is 0 Å². The molecule has 2 N–H and O–H groups in total. The molecule has 21 heavy (non-hydrogen) atoms. The monoisotopic (exact) mass is 284 g/mol. The average Bonchev–Trinajstić information content (AvgIpc) is 3.25. The fourth-order valence-corrected chi connectivity index (χ4v) is 2.26. The van der Waals surface area contributed by atoms with Gasteiger partial charge in [-0.15, -0.1) is 0 Å². The lowest BCUT2D eigenvalue weighted by Gasteiger charge is -2.10. The van der Waals surface area contributed by atoms with E-state index in [2.05, 4.69) is 20.2 Å². The molecule has 1 saturated carbocycles. The van der Waals surface area contributed by atoms with Crippen LogP contribution in [0.25, 0.3) is 0 Å². The highest BCUT2D eigenvalue weighted by atomic mass is 16.1. The molecule has 1 fully saturated rings. The van der Waals surface area contributed by atoms with Crippen molar-refractivity contribution in [2.24, 2.45) is 0 Å². The third-order valence-electron chi connectivity index (χ3n) is 3.65. The molecule has 0 bridgehead atoms. The van der Waals surface area contributed by atoms with Crippen LogP contribution in [0.1, 0.15) is 37.9 Å². The van der Waals surface area contributed by atoms with E-state index < -0.39 is 0 Å². The number of amides is 1. The van der Waals surface area contributed by atoms with E-state index in [1.807, 2.05) is 43.7 Å². The summed E-state index contributed by atoms with van der Waals surface area (Å²) in [7, 11) is 0. The standard InChI is InChI=1S/C16H20N4O/c1-2-16(21)19-13-5-3-12(4-6-13)18-10-15-9-17-11-20(15)14-7-8-14/h3-6,9,11,14,18H,2,7-8,10H2,1H3,(H,19,21). The van der Waals surface area contributed by atoms with Crippen LogP contribution in [0.4, 0.5) is 11.4 Å². The smallest absolute Gasteiger partial charge is 0.224 e. The summed E-state index contributed by atoms with van der Waals surface area (Å²) in [5.74, 6) is 0.0315. The van der Waals surface area contributed by atoms with Gasteiger partial charge in [-0.3, -0.25) is 4.79 Å². The van der Waals surface area contributed by atoms with Gasteiger partial charge in [0, 0.05) is 30.0 Å². The van der Waals surface area contributed by atoms with Crippen molar-refractivity contribution < 1.29 is 4.79 Å². The number of carbonyl (C=O) groups is 1. The number of aromatic nitrogens is 2. The second-order valence-corrected chi connectivity index (χ2v) is 5.36. The number of hydrogen-bond donors (Lipinski definition) is 2.